The van der Waals surface area contributed by atoms with Crippen molar-refractivity contribution in [2.75, 3.05) is 7.11 Å². The fraction of sp³-hybridized carbons (Fsp3) is 0.125. The second-order valence-electron chi connectivity index (χ2n) is 7.39. The summed E-state index contributed by atoms with van der Waals surface area (Å²) >= 11 is 0. The van der Waals surface area contributed by atoms with E-state index in [1.165, 1.54) is 54.6 Å². The second-order valence-corrected chi connectivity index (χ2v) is 7.39. The van der Waals surface area contributed by atoms with Crippen LogP contribution in [0.25, 0.3) is 49.0 Å². The second kappa shape index (κ2) is 4.89. The van der Waals surface area contributed by atoms with Crippen LogP contribution in [0.15, 0.2) is 60.8 Å². The minimum atomic E-state index is 0.893. The average molecular weight is 351 g/mol. The summed E-state index contributed by atoms with van der Waals surface area (Å²) < 4.78 is 10.2. The number of fused-ring (bicyclic) bond motifs is 5. The van der Waals surface area contributed by atoms with Crippen LogP contribution in [-0.2, 0) is 7.05 Å². The SMILES string of the molecule is COc1ccc2c(c1)c1ccc(C)c3c1n2c1cccc2cc[n+](C)c3c21. The number of aryl methyl sites for hydroxylation is 2. The van der Waals surface area contributed by atoms with Gasteiger partial charge in [-0.05, 0) is 42.1 Å². The van der Waals surface area contributed by atoms with Crippen molar-refractivity contribution in [3.8, 4) is 5.75 Å². The molecule has 0 aliphatic heterocycles. The normalized spacial score (nSPS) is 12.3. The van der Waals surface area contributed by atoms with Gasteiger partial charge in [0.1, 0.15) is 12.8 Å². The predicted octanol–water partition coefficient (Wildman–Crippen LogP) is 5.13. The molecule has 0 amide bonds. The molecule has 0 fully saturated rings. The number of nitrogens with zero attached hydrogens (tertiary/aromatic N) is 2. The van der Waals surface area contributed by atoms with Crippen molar-refractivity contribution in [3.05, 3.63) is 66.4 Å². The Labute approximate surface area is 156 Å². The van der Waals surface area contributed by atoms with Gasteiger partial charge in [-0.25, -0.2) is 4.57 Å². The zero-order chi connectivity index (χ0) is 18.3. The number of aromatic nitrogens is 2. The molecule has 0 unspecified atom stereocenters. The summed E-state index contributed by atoms with van der Waals surface area (Å²) in [5.41, 5.74) is 6.37. The number of benzene rings is 3. The van der Waals surface area contributed by atoms with Crippen molar-refractivity contribution >= 4 is 49.0 Å². The Morgan fingerprint density at radius 3 is 2.63 bits per heavy atom. The molecule has 6 rings (SSSR count). The zero-order valence-corrected chi connectivity index (χ0v) is 15.6. The molecule has 3 aromatic heterocycles. The Balaban J connectivity index is 2.09. The molecule has 0 radical (unpaired) electrons. The largest absolute Gasteiger partial charge is 0.497 e. The van der Waals surface area contributed by atoms with Gasteiger partial charge in [-0.1, -0.05) is 24.3 Å². The first-order valence-electron chi connectivity index (χ1n) is 9.23. The van der Waals surface area contributed by atoms with Gasteiger partial charge in [-0.3, -0.25) is 0 Å². The molecule has 0 aliphatic carbocycles. The third-order valence-corrected chi connectivity index (χ3v) is 5.96. The first-order valence-corrected chi connectivity index (χ1v) is 9.23. The predicted molar refractivity (Wildman–Crippen MR) is 111 cm³/mol. The fourth-order valence-corrected chi connectivity index (χ4v) is 4.75. The molecule has 0 bridgehead atoms. The maximum absolute atomic E-state index is 5.51. The molecule has 3 heteroatoms. The molecule has 0 saturated carbocycles. The van der Waals surface area contributed by atoms with Crippen LogP contribution < -0.4 is 9.30 Å². The van der Waals surface area contributed by atoms with Gasteiger partial charge in [0, 0.05) is 16.8 Å². The Bertz CT molecular complexity index is 1520. The first kappa shape index (κ1) is 14.8. The first-order chi connectivity index (χ1) is 13.2. The van der Waals surface area contributed by atoms with Crippen molar-refractivity contribution in [3.63, 3.8) is 0 Å². The van der Waals surface area contributed by atoms with Gasteiger partial charge in [-0.15, -0.1) is 0 Å². The molecular formula is C24H19N2O+. The Morgan fingerprint density at radius 2 is 1.78 bits per heavy atom. The van der Waals surface area contributed by atoms with Crippen molar-refractivity contribution in [1.29, 1.82) is 0 Å². The molecule has 3 nitrogen and oxygen atoms in total. The highest BCUT2D eigenvalue weighted by atomic mass is 16.5. The highest BCUT2D eigenvalue weighted by molar-refractivity contribution is 6.25. The summed E-state index contributed by atoms with van der Waals surface area (Å²) in [6, 6.07) is 19.7. The molecule has 0 atom stereocenters. The number of methoxy groups -OCH3 is 1. The molecule has 3 aromatic carbocycles. The lowest BCUT2D eigenvalue weighted by molar-refractivity contribution is -0.643. The van der Waals surface area contributed by atoms with Gasteiger partial charge in [0.2, 0.25) is 5.52 Å². The van der Waals surface area contributed by atoms with E-state index in [1.54, 1.807) is 7.11 Å². The van der Waals surface area contributed by atoms with Gasteiger partial charge in [0.25, 0.3) is 0 Å². The van der Waals surface area contributed by atoms with Crippen molar-refractivity contribution in [2.24, 2.45) is 7.05 Å². The number of ether oxygens (including phenoxy) is 1. The number of rotatable bonds is 1. The van der Waals surface area contributed by atoms with Gasteiger partial charge >= 0.3 is 0 Å². The summed E-state index contributed by atoms with van der Waals surface area (Å²) in [5.74, 6) is 0.893. The summed E-state index contributed by atoms with van der Waals surface area (Å²) in [6.45, 7) is 2.21. The summed E-state index contributed by atoms with van der Waals surface area (Å²) in [7, 11) is 3.87. The monoisotopic (exact) mass is 351 g/mol. The fourth-order valence-electron chi connectivity index (χ4n) is 4.75. The van der Waals surface area contributed by atoms with Crippen LogP contribution in [0, 0.1) is 6.92 Å². The Kier molecular flexibility index (Phi) is 2.68. The van der Waals surface area contributed by atoms with E-state index in [9.17, 15) is 0 Å². The van der Waals surface area contributed by atoms with Crippen LogP contribution in [0.2, 0.25) is 0 Å². The summed E-state index contributed by atoms with van der Waals surface area (Å²) in [4.78, 5) is 0. The van der Waals surface area contributed by atoms with E-state index in [1.807, 2.05) is 0 Å². The third kappa shape index (κ3) is 1.69. The van der Waals surface area contributed by atoms with E-state index in [4.69, 9.17) is 4.74 Å². The number of pyridine rings is 2. The molecule has 0 N–H and O–H groups in total. The third-order valence-electron chi connectivity index (χ3n) is 5.96. The molecular weight excluding hydrogens is 332 g/mol. The maximum Gasteiger partial charge on any atom is 0.224 e. The lowest BCUT2D eigenvalue weighted by Crippen LogP contribution is -2.28. The van der Waals surface area contributed by atoms with E-state index in [2.05, 4.69) is 83.7 Å². The highest BCUT2D eigenvalue weighted by Gasteiger charge is 2.23. The molecule has 27 heavy (non-hydrogen) atoms. The van der Waals surface area contributed by atoms with E-state index in [0.717, 1.165) is 5.75 Å². The molecule has 0 aliphatic rings. The van der Waals surface area contributed by atoms with E-state index in [0.29, 0.717) is 0 Å². The lowest BCUT2D eigenvalue weighted by Gasteiger charge is -2.12. The van der Waals surface area contributed by atoms with E-state index >= 15 is 0 Å². The van der Waals surface area contributed by atoms with Gasteiger partial charge < -0.3 is 9.14 Å². The van der Waals surface area contributed by atoms with Crippen LogP contribution in [0.5, 0.6) is 5.75 Å². The number of hydrogen-bond donors (Lipinski definition) is 0. The Hall–Kier alpha value is -3.33. The average Bonchev–Trinajstić information content (AvgIpc) is 3.02. The Morgan fingerprint density at radius 1 is 0.889 bits per heavy atom. The van der Waals surface area contributed by atoms with E-state index < -0.39 is 0 Å². The van der Waals surface area contributed by atoms with Crippen LogP contribution in [0.1, 0.15) is 5.56 Å². The summed E-state index contributed by atoms with van der Waals surface area (Å²) in [6.07, 6.45) is 2.17. The van der Waals surface area contributed by atoms with Gasteiger partial charge in [0.05, 0.1) is 34.4 Å². The minimum Gasteiger partial charge on any atom is -0.497 e. The quantitative estimate of drug-likeness (QED) is 0.228. The van der Waals surface area contributed by atoms with Gasteiger partial charge in [-0.2, -0.15) is 0 Å². The minimum absolute atomic E-state index is 0.893. The molecule has 130 valence electrons. The summed E-state index contributed by atoms with van der Waals surface area (Å²) in [5, 5.41) is 6.43. The van der Waals surface area contributed by atoms with E-state index in [-0.39, 0.29) is 0 Å². The van der Waals surface area contributed by atoms with Crippen LogP contribution in [0.3, 0.4) is 0 Å². The van der Waals surface area contributed by atoms with Crippen LogP contribution in [0.4, 0.5) is 0 Å². The molecule has 3 heterocycles. The lowest BCUT2D eigenvalue weighted by atomic mass is 10.00. The van der Waals surface area contributed by atoms with Crippen LogP contribution >= 0.6 is 0 Å². The zero-order valence-electron chi connectivity index (χ0n) is 15.6. The van der Waals surface area contributed by atoms with Crippen molar-refractivity contribution in [2.45, 2.75) is 6.92 Å². The topological polar surface area (TPSA) is 17.5 Å². The van der Waals surface area contributed by atoms with Gasteiger partial charge in [0.15, 0.2) is 6.20 Å². The van der Waals surface area contributed by atoms with Crippen molar-refractivity contribution in [1.82, 2.24) is 4.40 Å². The molecule has 0 spiro atoms. The maximum atomic E-state index is 5.51. The highest BCUT2D eigenvalue weighted by Crippen LogP contribution is 2.41. The smallest absolute Gasteiger partial charge is 0.224 e. The molecule has 6 aromatic rings. The number of hydrogen-bond acceptors (Lipinski definition) is 1. The van der Waals surface area contributed by atoms with Crippen molar-refractivity contribution < 1.29 is 9.30 Å². The standard InChI is InChI=1S/C24H19N2O/c1-14-7-9-17-18-13-16(27-3)8-10-19(18)26-20-6-4-5-15-11-12-25(2)24(22(15)20)21(14)23(17)26/h4-13H,1-3H3/q+1. The molecule has 0 saturated heterocycles. The van der Waals surface area contributed by atoms with Crippen LogP contribution in [-0.4, -0.2) is 11.5 Å².